The summed E-state index contributed by atoms with van der Waals surface area (Å²) < 4.78 is 14.8. The maximum Gasteiger partial charge on any atom is 0.525 e. The zero-order valence-electron chi connectivity index (χ0n) is 8.84. The molecule has 2 N–H and O–H groups in total. The standard InChI is InChI=1S/C7H7N2O8P/c1-4-2-5(8(10)11)3-6(9(12)13)7(4)17-18(14,15)16/h2-3H,1H3,(H2,14,15,16). The first-order valence-electron chi connectivity index (χ1n) is 4.30. The maximum absolute atomic E-state index is 10.7. The minimum Gasteiger partial charge on any atom is -0.397 e. The van der Waals surface area contributed by atoms with Gasteiger partial charge in [-0.2, -0.15) is 0 Å². The number of nitro benzene ring substituents is 2. The summed E-state index contributed by atoms with van der Waals surface area (Å²) in [6.07, 6.45) is 0. The van der Waals surface area contributed by atoms with Crippen molar-refractivity contribution in [1.29, 1.82) is 0 Å². The number of nitrogens with zero attached hydrogens (tertiary/aromatic N) is 2. The van der Waals surface area contributed by atoms with Gasteiger partial charge in [0.05, 0.1) is 15.9 Å². The average molecular weight is 278 g/mol. The van der Waals surface area contributed by atoms with Gasteiger partial charge in [0.1, 0.15) is 0 Å². The zero-order valence-corrected chi connectivity index (χ0v) is 9.73. The first kappa shape index (κ1) is 14.0. The smallest absolute Gasteiger partial charge is 0.397 e. The fourth-order valence-electron chi connectivity index (χ4n) is 1.22. The number of hydrogen-bond acceptors (Lipinski definition) is 6. The van der Waals surface area contributed by atoms with Crippen molar-refractivity contribution in [1.82, 2.24) is 0 Å². The van der Waals surface area contributed by atoms with Crippen LogP contribution in [0.5, 0.6) is 5.75 Å². The monoisotopic (exact) mass is 278 g/mol. The molecule has 1 aromatic rings. The minimum atomic E-state index is -4.99. The van der Waals surface area contributed by atoms with Crippen molar-refractivity contribution >= 4 is 19.2 Å². The van der Waals surface area contributed by atoms with Crippen molar-refractivity contribution in [2.45, 2.75) is 6.92 Å². The Hall–Kier alpha value is -2.03. The van der Waals surface area contributed by atoms with Crippen LogP contribution in [0.1, 0.15) is 5.56 Å². The molecule has 10 nitrogen and oxygen atoms in total. The van der Waals surface area contributed by atoms with Gasteiger partial charge in [-0.15, -0.1) is 0 Å². The van der Waals surface area contributed by atoms with E-state index in [9.17, 15) is 24.8 Å². The Morgan fingerprint density at radius 2 is 1.78 bits per heavy atom. The van der Waals surface area contributed by atoms with Crippen LogP contribution in [0.3, 0.4) is 0 Å². The van der Waals surface area contributed by atoms with E-state index in [0.29, 0.717) is 6.07 Å². The second-order valence-electron chi connectivity index (χ2n) is 3.21. The molecule has 0 saturated carbocycles. The maximum atomic E-state index is 10.7. The third-order valence-electron chi connectivity index (χ3n) is 1.86. The number of hydrogen-bond donors (Lipinski definition) is 2. The summed E-state index contributed by atoms with van der Waals surface area (Å²) in [5, 5.41) is 21.2. The molecule has 0 heterocycles. The predicted octanol–water partition coefficient (Wildman–Crippen LogP) is 1.28. The van der Waals surface area contributed by atoms with Crippen LogP contribution < -0.4 is 4.52 Å². The summed E-state index contributed by atoms with van der Waals surface area (Å²) in [7, 11) is -4.99. The van der Waals surface area contributed by atoms with Gasteiger partial charge in [-0.05, 0) is 6.92 Å². The fourth-order valence-corrected chi connectivity index (χ4v) is 1.69. The van der Waals surface area contributed by atoms with Crippen LogP contribution >= 0.6 is 7.82 Å². The molecule has 0 amide bonds. The molecule has 0 atom stereocenters. The van der Waals surface area contributed by atoms with Crippen LogP contribution in [-0.4, -0.2) is 19.6 Å². The van der Waals surface area contributed by atoms with Crippen molar-refractivity contribution in [3.05, 3.63) is 37.9 Å². The third-order valence-corrected chi connectivity index (χ3v) is 2.28. The molecule has 0 aromatic heterocycles. The lowest BCUT2D eigenvalue weighted by Crippen LogP contribution is -2.00. The highest BCUT2D eigenvalue weighted by Gasteiger charge is 2.28. The summed E-state index contributed by atoms with van der Waals surface area (Å²) in [4.78, 5) is 36.5. The van der Waals surface area contributed by atoms with Crippen molar-refractivity contribution < 1.29 is 28.7 Å². The summed E-state index contributed by atoms with van der Waals surface area (Å²) >= 11 is 0. The van der Waals surface area contributed by atoms with Gasteiger partial charge in [-0.25, -0.2) is 4.57 Å². The van der Waals surface area contributed by atoms with Crippen LogP contribution in [0, 0.1) is 27.2 Å². The lowest BCUT2D eigenvalue weighted by molar-refractivity contribution is -0.394. The number of aryl methyl sites for hydroxylation is 1. The van der Waals surface area contributed by atoms with Crippen LogP contribution in [0.4, 0.5) is 11.4 Å². The van der Waals surface area contributed by atoms with Gasteiger partial charge in [0.15, 0.2) is 0 Å². The van der Waals surface area contributed by atoms with Crippen LogP contribution in [-0.2, 0) is 4.57 Å². The molecule has 98 valence electrons. The Morgan fingerprint density at radius 1 is 1.22 bits per heavy atom. The molecular weight excluding hydrogens is 271 g/mol. The molecule has 1 aromatic carbocycles. The molecule has 0 spiro atoms. The number of phosphoric ester groups is 1. The number of phosphoric acid groups is 1. The number of nitro groups is 2. The van der Waals surface area contributed by atoms with E-state index < -0.39 is 34.8 Å². The number of non-ortho nitro benzene ring substituents is 1. The Balaban J connectivity index is 3.46. The molecular formula is C7H7N2O8P. The van der Waals surface area contributed by atoms with Crippen molar-refractivity contribution in [2.24, 2.45) is 0 Å². The Labute approximate surface area is 99.4 Å². The molecule has 0 saturated heterocycles. The highest BCUT2D eigenvalue weighted by atomic mass is 31.2. The second-order valence-corrected chi connectivity index (χ2v) is 4.37. The molecule has 0 aliphatic heterocycles. The minimum absolute atomic E-state index is 0.126. The molecule has 0 bridgehead atoms. The van der Waals surface area contributed by atoms with E-state index in [-0.39, 0.29) is 5.56 Å². The third kappa shape index (κ3) is 3.23. The highest BCUT2D eigenvalue weighted by Crippen LogP contribution is 2.44. The van der Waals surface area contributed by atoms with Crippen molar-refractivity contribution in [3.63, 3.8) is 0 Å². The Kier molecular flexibility index (Phi) is 3.65. The van der Waals surface area contributed by atoms with Gasteiger partial charge in [0.2, 0.25) is 5.75 Å². The van der Waals surface area contributed by atoms with Crippen LogP contribution in [0.15, 0.2) is 12.1 Å². The summed E-state index contributed by atoms with van der Waals surface area (Å²) in [5.41, 5.74) is -1.58. The molecule has 0 fully saturated rings. The topological polar surface area (TPSA) is 153 Å². The van der Waals surface area contributed by atoms with E-state index in [1.165, 1.54) is 6.92 Å². The van der Waals surface area contributed by atoms with Gasteiger partial charge < -0.3 is 4.52 Å². The van der Waals surface area contributed by atoms with Gasteiger partial charge >= 0.3 is 13.5 Å². The average Bonchev–Trinajstić information content (AvgIpc) is 2.18. The Bertz CT molecular complexity index is 565. The normalized spacial score (nSPS) is 11.1. The highest BCUT2D eigenvalue weighted by molar-refractivity contribution is 7.46. The van der Waals surface area contributed by atoms with Gasteiger partial charge in [0.25, 0.3) is 5.69 Å². The van der Waals surface area contributed by atoms with E-state index in [1.807, 2.05) is 0 Å². The number of rotatable bonds is 4. The lowest BCUT2D eigenvalue weighted by Gasteiger charge is -2.09. The molecule has 0 unspecified atom stereocenters. The summed E-state index contributed by atoms with van der Waals surface area (Å²) in [5.74, 6) is -0.695. The van der Waals surface area contributed by atoms with Crippen molar-refractivity contribution in [3.8, 4) is 5.75 Å². The van der Waals surface area contributed by atoms with Gasteiger partial charge in [-0.1, -0.05) is 0 Å². The largest absolute Gasteiger partial charge is 0.525 e. The summed E-state index contributed by atoms with van der Waals surface area (Å²) in [6, 6.07) is 1.48. The van der Waals surface area contributed by atoms with Gasteiger partial charge in [0, 0.05) is 11.6 Å². The van der Waals surface area contributed by atoms with E-state index in [1.54, 1.807) is 0 Å². The van der Waals surface area contributed by atoms with Gasteiger partial charge in [-0.3, -0.25) is 30.0 Å². The lowest BCUT2D eigenvalue weighted by atomic mass is 10.1. The SMILES string of the molecule is Cc1cc([N+](=O)[O-])cc([N+](=O)[O-])c1OP(=O)(O)O. The first-order valence-corrected chi connectivity index (χ1v) is 5.83. The van der Waals surface area contributed by atoms with Crippen LogP contribution in [0.25, 0.3) is 0 Å². The molecule has 18 heavy (non-hydrogen) atoms. The van der Waals surface area contributed by atoms with E-state index >= 15 is 0 Å². The molecule has 11 heteroatoms. The molecule has 1 rings (SSSR count). The Morgan fingerprint density at radius 3 is 2.17 bits per heavy atom. The van der Waals surface area contributed by atoms with Crippen LogP contribution in [0.2, 0.25) is 0 Å². The van der Waals surface area contributed by atoms with E-state index in [2.05, 4.69) is 4.52 Å². The summed E-state index contributed by atoms with van der Waals surface area (Å²) in [6.45, 7) is 1.20. The zero-order chi connectivity index (χ0) is 14.1. The molecule has 0 radical (unpaired) electrons. The quantitative estimate of drug-likeness (QED) is 0.474. The number of benzene rings is 1. The van der Waals surface area contributed by atoms with Crippen molar-refractivity contribution in [2.75, 3.05) is 0 Å². The van der Waals surface area contributed by atoms with E-state index in [4.69, 9.17) is 9.79 Å². The molecule has 0 aliphatic carbocycles. The predicted molar refractivity (Wildman–Crippen MR) is 57.2 cm³/mol. The van der Waals surface area contributed by atoms with E-state index in [0.717, 1.165) is 6.07 Å². The first-order chi connectivity index (χ1) is 8.11. The second kappa shape index (κ2) is 4.69. The molecule has 0 aliphatic rings. The fraction of sp³-hybridized carbons (Fsp3) is 0.143.